The van der Waals surface area contributed by atoms with Crippen molar-refractivity contribution in [3.8, 4) is 5.75 Å². The van der Waals surface area contributed by atoms with Crippen molar-refractivity contribution in [2.24, 2.45) is 0 Å². The van der Waals surface area contributed by atoms with Gasteiger partial charge in [-0.1, -0.05) is 25.1 Å². The van der Waals surface area contributed by atoms with Crippen LogP contribution < -0.4 is 10.1 Å². The Hall–Kier alpha value is -2.14. The number of thiocarbonyl (C=S) groups is 1. The van der Waals surface area contributed by atoms with Crippen LogP contribution in [0.25, 0.3) is 0 Å². The summed E-state index contributed by atoms with van der Waals surface area (Å²) in [6.45, 7) is 7.73. The largest absolute Gasteiger partial charge is 0.489 e. The molecule has 0 fully saturated rings. The molecule has 0 saturated carbocycles. The number of aryl methyl sites for hydroxylation is 4. The minimum atomic E-state index is -0.953. The molecule has 1 N–H and O–H groups in total. The summed E-state index contributed by atoms with van der Waals surface area (Å²) in [6.07, 6.45) is 1.00. The highest BCUT2D eigenvalue weighted by atomic mass is 32.1. The van der Waals surface area contributed by atoms with Crippen molar-refractivity contribution in [1.82, 2.24) is 0 Å². The van der Waals surface area contributed by atoms with Gasteiger partial charge in [0, 0.05) is 11.3 Å². The molecular formula is C20H24FNO2S. The molecule has 0 spiro atoms. The summed E-state index contributed by atoms with van der Waals surface area (Å²) in [5.41, 5.74) is 6.46. The fourth-order valence-electron chi connectivity index (χ4n) is 2.74. The number of anilines is 1. The quantitative estimate of drug-likeness (QED) is 0.699. The second-order valence-corrected chi connectivity index (χ2v) is 6.32. The maximum Gasteiger partial charge on any atom is 0.263 e. The van der Waals surface area contributed by atoms with Crippen LogP contribution in [-0.2, 0) is 17.8 Å². The van der Waals surface area contributed by atoms with E-state index < -0.39 is 6.86 Å². The predicted molar refractivity (Wildman–Crippen MR) is 104 cm³/mol. The number of rotatable bonds is 6. The number of benzene rings is 2. The molecule has 2 aromatic carbocycles. The number of halogens is 1. The third-order valence-corrected chi connectivity index (χ3v) is 4.44. The van der Waals surface area contributed by atoms with E-state index >= 15 is 0 Å². The summed E-state index contributed by atoms with van der Waals surface area (Å²) in [6, 6.07) is 10.0. The molecule has 2 rings (SSSR count). The Morgan fingerprint density at radius 3 is 2.56 bits per heavy atom. The molecular weight excluding hydrogens is 337 g/mol. The highest BCUT2D eigenvalue weighted by Crippen LogP contribution is 2.27. The number of ether oxygens (including phenoxy) is 2. The first-order chi connectivity index (χ1) is 12.0. The monoisotopic (exact) mass is 361 g/mol. The SMILES string of the molecule is CCc1cc(C)c(OCc2c(C)cccc2NC(=S)OCF)cc1C. The lowest BCUT2D eigenvalue weighted by Gasteiger charge is -2.17. The van der Waals surface area contributed by atoms with Gasteiger partial charge < -0.3 is 14.8 Å². The molecule has 0 aliphatic carbocycles. The first-order valence-corrected chi connectivity index (χ1v) is 8.68. The fourth-order valence-corrected chi connectivity index (χ4v) is 2.90. The van der Waals surface area contributed by atoms with E-state index in [-0.39, 0.29) is 5.17 Å². The van der Waals surface area contributed by atoms with E-state index in [0.29, 0.717) is 6.61 Å². The summed E-state index contributed by atoms with van der Waals surface area (Å²) < 4.78 is 23.0. The van der Waals surface area contributed by atoms with Crippen LogP contribution in [0.5, 0.6) is 5.75 Å². The van der Waals surface area contributed by atoms with E-state index in [1.165, 1.54) is 11.1 Å². The Labute approximate surface area is 154 Å². The van der Waals surface area contributed by atoms with E-state index in [2.05, 4.69) is 43.0 Å². The van der Waals surface area contributed by atoms with E-state index in [1.807, 2.05) is 25.1 Å². The zero-order valence-electron chi connectivity index (χ0n) is 15.1. The maximum absolute atomic E-state index is 12.3. The predicted octanol–water partition coefficient (Wildman–Crippen LogP) is 5.39. The molecule has 0 saturated heterocycles. The summed E-state index contributed by atoms with van der Waals surface area (Å²) in [7, 11) is 0. The Bertz CT molecular complexity index is 762. The van der Waals surface area contributed by atoms with Gasteiger partial charge in [0.1, 0.15) is 12.4 Å². The molecule has 25 heavy (non-hydrogen) atoms. The normalized spacial score (nSPS) is 10.4. The van der Waals surface area contributed by atoms with Crippen molar-refractivity contribution < 1.29 is 13.9 Å². The molecule has 0 amide bonds. The first-order valence-electron chi connectivity index (χ1n) is 8.27. The van der Waals surface area contributed by atoms with Crippen LogP contribution in [-0.4, -0.2) is 12.0 Å². The van der Waals surface area contributed by atoms with Gasteiger partial charge in [-0.2, -0.15) is 0 Å². The fraction of sp³-hybridized carbons (Fsp3) is 0.350. The number of alkyl halides is 1. The van der Waals surface area contributed by atoms with Gasteiger partial charge in [-0.25, -0.2) is 4.39 Å². The Kier molecular flexibility index (Phi) is 6.76. The average molecular weight is 361 g/mol. The third-order valence-electron chi connectivity index (χ3n) is 4.22. The lowest BCUT2D eigenvalue weighted by molar-refractivity contribution is 0.184. The van der Waals surface area contributed by atoms with Gasteiger partial charge in [-0.15, -0.1) is 0 Å². The molecule has 0 aliphatic heterocycles. The second kappa shape index (κ2) is 8.81. The van der Waals surface area contributed by atoms with E-state index in [0.717, 1.165) is 34.5 Å². The topological polar surface area (TPSA) is 30.5 Å². The zero-order valence-corrected chi connectivity index (χ0v) is 15.9. The Morgan fingerprint density at radius 1 is 1.12 bits per heavy atom. The van der Waals surface area contributed by atoms with Crippen LogP contribution in [0.3, 0.4) is 0 Å². The van der Waals surface area contributed by atoms with Crippen molar-refractivity contribution in [1.29, 1.82) is 0 Å². The van der Waals surface area contributed by atoms with E-state index in [4.69, 9.17) is 17.0 Å². The Morgan fingerprint density at radius 2 is 1.88 bits per heavy atom. The molecule has 0 heterocycles. The van der Waals surface area contributed by atoms with Crippen LogP contribution in [0.15, 0.2) is 30.3 Å². The van der Waals surface area contributed by atoms with Crippen molar-refractivity contribution in [3.63, 3.8) is 0 Å². The highest BCUT2D eigenvalue weighted by Gasteiger charge is 2.11. The van der Waals surface area contributed by atoms with Gasteiger partial charge in [0.25, 0.3) is 5.17 Å². The minimum Gasteiger partial charge on any atom is -0.489 e. The van der Waals surface area contributed by atoms with Crippen LogP contribution >= 0.6 is 12.2 Å². The van der Waals surface area contributed by atoms with Gasteiger partial charge in [0.15, 0.2) is 0 Å². The Balaban J connectivity index is 2.20. The van der Waals surface area contributed by atoms with E-state index in [9.17, 15) is 4.39 Å². The van der Waals surface area contributed by atoms with Crippen LogP contribution in [0.1, 0.15) is 34.7 Å². The summed E-state index contributed by atoms with van der Waals surface area (Å²) >= 11 is 4.97. The highest BCUT2D eigenvalue weighted by molar-refractivity contribution is 7.80. The molecule has 0 bridgehead atoms. The summed E-state index contributed by atoms with van der Waals surface area (Å²) in [5.74, 6) is 0.867. The lowest BCUT2D eigenvalue weighted by atomic mass is 10.0. The van der Waals surface area contributed by atoms with Crippen molar-refractivity contribution in [3.05, 3.63) is 58.1 Å². The smallest absolute Gasteiger partial charge is 0.263 e. The summed E-state index contributed by atoms with van der Waals surface area (Å²) in [4.78, 5) is 0. The molecule has 0 aromatic heterocycles. The molecule has 0 unspecified atom stereocenters. The van der Waals surface area contributed by atoms with Gasteiger partial charge in [-0.3, -0.25) is 0 Å². The molecule has 0 radical (unpaired) electrons. The minimum absolute atomic E-state index is 0.00803. The third kappa shape index (κ3) is 4.92. The standard InChI is InChI=1S/C20H24FNO2S/c1-5-16-9-15(4)19(10-14(16)3)23-11-17-13(2)7-6-8-18(17)22-20(25)24-12-21/h6-10H,5,11-12H2,1-4H3,(H,22,25). The van der Waals surface area contributed by atoms with Gasteiger partial charge in [-0.05, 0) is 73.8 Å². The lowest BCUT2D eigenvalue weighted by Crippen LogP contribution is -2.15. The molecule has 3 nitrogen and oxygen atoms in total. The average Bonchev–Trinajstić information content (AvgIpc) is 2.57. The van der Waals surface area contributed by atoms with Gasteiger partial charge in [0.2, 0.25) is 6.86 Å². The molecule has 0 aliphatic rings. The van der Waals surface area contributed by atoms with Crippen molar-refractivity contribution in [2.45, 2.75) is 40.7 Å². The van der Waals surface area contributed by atoms with E-state index in [1.54, 1.807) is 0 Å². The molecule has 134 valence electrons. The molecule has 5 heteroatoms. The molecule has 0 atom stereocenters. The number of nitrogens with one attached hydrogen (secondary N) is 1. The zero-order chi connectivity index (χ0) is 18.4. The molecule has 2 aromatic rings. The van der Waals surface area contributed by atoms with Crippen molar-refractivity contribution >= 4 is 23.1 Å². The first kappa shape index (κ1) is 19.2. The number of hydrogen-bond donors (Lipinski definition) is 1. The van der Waals surface area contributed by atoms with Crippen LogP contribution in [0.2, 0.25) is 0 Å². The van der Waals surface area contributed by atoms with Gasteiger partial charge in [0.05, 0.1) is 0 Å². The number of hydrogen-bond acceptors (Lipinski definition) is 3. The van der Waals surface area contributed by atoms with Crippen molar-refractivity contribution in [2.75, 3.05) is 12.2 Å². The van der Waals surface area contributed by atoms with Crippen LogP contribution in [0.4, 0.5) is 10.1 Å². The summed E-state index contributed by atoms with van der Waals surface area (Å²) in [5, 5.41) is 2.93. The maximum atomic E-state index is 12.3. The van der Waals surface area contributed by atoms with Crippen LogP contribution in [0, 0.1) is 20.8 Å². The second-order valence-electron chi connectivity index (χ2n) is 5.95. The van der Waals surface area contributed by atoms with Gasteiger partial charge >= 0.3 is 0 Å².